The molecule has 0 radical (unpaired) electrons. The smallest absolute Gasteiger partial charge is 0.242 e. The highest BCUT2D eigenvalue weighted by molar-refractivity contribution is 7.09. The summed E-state index contributed by atoms with van der Waals surface area (Å²) < 4.78 is 2.04. The molecule has 1 amide bonds. The van der Waals surface area contributed by atoms with Crippen molar-refractivity contribution in [2.45, 2.75) is 13.1 Å². The minimum atomic E-state index is 0.181. The number of carbonyl (C=O) groups excluding carboxylic acids is 1. The second kappa shape index (κ2) is 8.83. The van der Waals surface area contributed by atoms with E-state index >= 15 is 0 Å². The molecule has 1 fully saturated rings. The van der Waals surface area contributed by atoms with Crippen molar-refractivity contribution in [3.8, 4) is 11.3 Å². The number of nitrogens with zero attached hydrogens (tertiary/aromatic N) is 4. The molecule has 1 aliphatic heterocycles. The minimum absolute atomic E-state index is 0.181. The van der Waals surface area contributed by atoms with Crippen molar-refractivity contribution in [2.75, 3.05) is 26.2 Å². The van der Waals surface area contributed by atoms with Gasteiger partial charge in [-0.3, -0.25) is 9.69 Å². The Kier molecular flexibility index (Phi) is 5.76. The molecule has 2 aromatic heterocycles. The van der Waals surface area contributed by atoms with Crippen molar-refractivity contribution in [2.24, 2.45) is 0 Å². The molecule has 158 valence electrons. The van der Waals surface area contributed by atoms with Gasteiger partial charge in [0.2, 0.25) is 5.91 Å². The number of fused-ring (bicyclic) bond motifs is 1. The maximum Gasteiger partial charge on any atom is 0.242 e. The topological polar surface area (TPSA) is 41.4 Å². The first-order chi connectivity index (χ1) is 15.2. The van der Waals surface area contributed by atoms with E-state index in [1.165, 1.54) is 5.39 Å². The summed E-state index contributed by atoms with van der Waals surface area (Å²) in [6.07, 6.45) is 2.00. The second-order valence-corrected chi connectivity index (χ2v) is 9.17. The SMILES string of the molecule is O=C(Cn1ccc2ccccc21)N1CCN(Cc2nc(-c3ccc(Cl)cc3)cs2)CC1. The van der Waals surface area contributed by atoms with Crippen LogP contribution in [0.4, 0.5) is 0 Å². The molecule has 0 saturated carbocycles. The van der Waals surface area contributed by atoms with Gasteiger partial charge in [0, 0.05) is 53.9 Å². The Morgan fingerprint density at radius 2 is 1.77 bits per heavy atom. The van der Waals surface area contributed by atoms with Crippen LogP contribution in [0.25, 0.3) is 22.2 Å². The quantitative estimate of drug-likeness (QED) is 0.440. The van der Waals surface area contributed by atoms with Crippen molar-refractivity contribution < 1.29 is 4.79 Å². The third-order valence-electron chi connectivity index (χ3n) is 5.76. The fourth-order valence-corrected chi connectivity index (χ4v) is 4.98. The molecule has 0 spiro atoms. The van der Waals surface area contributed by atoms with Crippen molar-refractivity contribution in [3.05, 3.63) is 76.2 Å². The van der Waals surface area contributed by atoms with E-state index in [1.807, 2.05) is 52.1 Å². The third kappa shape index (κ3) is 4.51. The summed E-state index contributed by atoms with van der Waals surface area (Å²) in [5, 5.41) is 5.10. The molecule has 1 aliphatic rings. The average Bonchev–Trinajstić information content (AvgIpc) is 3.42. The molecule has 3 heterocycles. The lowest BCUT2D eigenvalue weighted by Gasteiger charge is -2.34. The van der Waals surface area contributed by atoms with Gasteiger partial charge in [0.05, 0.1) is 12.2 Å². The molecule has 4 aromatic rings. The minimum Gasteiger partial charge on any atom is -0.339 e. The van der Waals surface area contributed by atoms with Gasteiger partial charge in [0.1, 0.15) is 11.6 Å². The van der Waals surface area contributed by atoms with Crippen LogP contribution >= 0.6 is 22.9 Å². The van der Waals surface area contributed by atoms with Gasteiger partial charge in [-0.25, -0.2) is 4.98 Å². The van der Waals surface area contributed by atoms with E-state index in [2.05, 4.69) is 28.5 Å². The average molecular weight is 451 g/mol. The van der Waals surface area contributed by atoms with Gasteiger partial charge >= 0.3 is 0 Å². The van der Waals surface area contributed by atoms with Crippen LogP contribution in [0.15, 0.2) is 66.2 Å². The van der Waals surface area contributed by atoms with Crippen LogP contribution in [0, 0.1) is 0 Å². The first kappa shape index (κ1) is 20.2. The maximum absolute atomic E-state index is 12.8. The van der Waals surface area contributed by atoms with Crippen LogP contribution in [-0.4, -0.2) is 51.4 Å². The predicted molar refractivity (Wildman–Crippen MR) is 126 cm³/mol. The summed E-state index contributed by atoms with van der Waals surface area (Å²) >= 11 is 7.66. The summed E-state index contributed by atoms with van der Waals surface area (Å²) in [4.78, 5) is 22.0. The van der Waals surface area contributed by atoms with E-state index in [0.29, 0.717) is 6.54 Å². The number of amides is 1. The Hall–Kier alpha value is -2.67. The molecule has 1 saturated heterocycles. The fourth-order valence-electron chi connectivity index (χ4n) is 4.01. The molecule has 0 atom stereocenters. The molecule has 0 unspecified atom stereocenters. The molecule has 0 bridgehead atoms. The van der Waals surface area contributed by atoms with Crippen LogP contribution in [0.3, 0.4) is 0 Å². The maximum atomic E-state index is 12.8. The van der Waals surface area contributed by atoms with Crippen LogP contribution in [0.5, 0.6) is 0 Å². The van der Waals surface area contributed by atoms with Crippen molar-refractivity contribution in [1.29, 1.82) is 0 Å². The molecule has 0 N–H and O–H groups in total. The van der Waals surface area contributed by atoms with E-state index < -0.39 is 0 Å². The van der Waals surface area contributed by atoms with Crippen molar-refractivity contribution in [3.63, 3.8) is 0 Å². The van der Waals surface area contributed by atoms with E-state index in [9.17, 15) is 4.79 Å². The third-order valence-corrected chi connectivity index (χ3v) is 6.85. The highest BCUT2D eigenvalue weighted by Crippen LogP contribution is 2.24. The predicted octanol–water partition coefficient (Wildman–Crippen LogP) is 4.76. The highest BCUT2D eigenvalue weighted by atomic mass is 35.5. The molecular formula is C24H23ClN4OS. The Morgan fingerprint density at radius 3 is 2.58 bits per heavy atom. The van der Waals surface area contributed by atoms with Gasteiger partial charge in [0.25, 0.3) is 0 Å². The zero-order valence-electron chi connectivity index (χ0n) is 17.1. The number of thiazole rings is 1. The molecule has 5 nitrogen and oxygen atoms in total. The van der Waals surface area contributed by atoms with E-state index in [-0.39, 0.29) is 5.91 Å². The van der Waals surface area contributed by atoms with Crippen LogP contribution in [0.1, 0.15) is 5.01 Å². The number of hydrogen-bond acceptors (Lipinski definition) is 4. The number of hydrogen-bond donors (Lipinski definition) is 0. The Morgan fingerprint density at radius 1 is 1.00 bits per heavy atom. The van der Waals surface area contributed by atoms with E-state index in [4.69, 9.17) is 16.6 Å². The summed E-state index contributed by atoms with van der Waals surface area (Å²) in [7, 11) is 0. The zero-order chi connectivity index (χ0) is 21.2. The Balaban J connectivity index is 1.15. The van der Waals surface area contributed by atoms with Gasteiger partial charge in [0.15, 0.2) is 0 Å². The lowest BCUT2D eigenvalue weighted by Crippen LogP contribution is -2.49. The molecule has 2 aromatic carbocycles. The van der Waals surface area contributed by atoms with Crippen molar-refractivity contribution in [1.82, 2.24) is 19.4 Å². The van der Waals surface area contributed by atoms with E-state index in [1.54, 1.807) is 11.3 Å². The van der Waals surface area contributed by atoms with Crippen LogP contribution < -0.4 is 0 Å². The molecule has 0 aliphatic carbocycles. The zero-order valence-corrected chi connectivity index (χ0v) is 18.6. The van der Waals surface area contributed by atoms with Gasteiger partial charge in [-0.05, 0) is 29.7 Å². The molecule has 7 heteroatoms. The molecule has 31 heavy (non-hydrogen) atoms. The number of halogens is 1. The van der Waals surface area contributed by atoms with Gasteiger partial charge in [-0.1, -0.05) is 41.9 Å². The number of benzene rings is 2. The summed E-state index contributed by atoms with van der Waals surface area (Å²) in [6.45, 7) is 4.47. The number of carbonyl (C=O) groups is 1. The monoisotopic (exact) mass is 450 g/mol. The first-order valence-electron chi connectivity index (χ1n) is 10.4. The number of rotatable bonds is 5. The van der Waals surface area contributed by atoms with Gasteiger partial charge < -0.3 is 9.47 Å². The van der Waals surface area contributed by atoms with Crippen LogP contribution in [0.2, 0.25) is 5.02 Å². The second-order valence-electron chi connectivity index (χ2n) is 7.79. The summed E-state index contributed by atoms with van der Waals surface area (Å²) in [5.41, 5.74) is 3.18. The Bertz CT molecular complexity index is 1190. The lowest BCUT2D eigenvalue weighted by molar-refractivity contribution is -0.133. The number of aromatic nitrogens is 2. The Labute approximate surface area is 190 Å². The summed E-state index contributed by atoms with van der Waals surface area (Å²) in [6, 6.07) is 18.0. The van der Waals surface area contributed by atoms with E-state index in [0.717, 1.165) is 59.5 Å². The fraction of sp³-hybridized carbons (Fsp3) is 0.250. The summed E-state index contributed by atoms with van der Waals surface area (Å²) in [5.74, 6) is 0.181. The number of piperazine rings is 1. The normalized spacial score (nSPS) is 14.9. The van der Waals surface area contributed by atoms with Gasteiger partial charge in [-0.2, -0.15) is 0 Å². The molecular weight excluding hydrogens is 428 g/mol. The number of para-hydroxylation sites is 1. The van der Waals surface area contributed by atoms with Crippen LogP contribution in [-0.2, 0) is 17.9 Å². The van der Waals surface area contributed by atoms with Gasteiger partial charge in [-0.15, -0.1) is 11.3 Å². The standard InChI is InChI=1S/C24H23ClN4OS/c25-20-7-5-18(6-8-20)21-17-31-23(26-21)15-27-11-13-28(14-12-27)24(30)16-29-10-9-19-3-1-2-4-22(19)29/h1-10,17H,11-16H2. The largest absolute Gasteiger partial charge is 0.339 e. The molecule has 5 rings (SSSR count). The van der Waals surface area contributed by atoms with Crippen molar-refractivity contribution >= 4 is 39.7 Å². The lowest BCUT2D eigenvalue weighted by atomic mass is 10.2. The highest BCUT2D eigenvalue weighted by Gasteiger charge is 2.22. The first-order valence-corrected chi connectivity index (χ1v) is 11.7.